The first-order valence-electron chi connectivity index (χ1n) is 7.27. The van der Waals surface area contributed by atoms with Crippen LogP contribution in [0, 0.1) is 5.92 Å². The molecule has 0 radical (unpaired) electrons. The van der Waals surface area contributed by atoms with Crippen LogP contribution >= 0.6 is 0 Å². The lowest BCUT2D eigenvalue weighted by atomic mass is 10.0. The molecule has 0 aromatic heterocycles. The lowest BCUT2D eigenvalue weighted by Gasteiger charge is -2.26. The predicted octanol–water partition coefficient (Wildman–Crippen LogP) is 2.52. The van der Waals surface area contributed by atoms with Crippen molar-refractivity contribution < 1.29 is 4.74 Å². The van der Waals surface area contributed by atoms with E-state index in [1.54, 1.807) is 7.11 Å². The van der Waals surface area contributed by atoms with Gasteiger partial charge in [-0.1, -0.05) is 26.0 Å². The minimum Gasteiger partial charge on any atom is -0.497 e. The lowest BCUT2D eigenvalue weighted by Crippen LogP contribution is -2.40. The molecule has 19 heavy (non-hydrogen) atoms. The fraction of sp³-hybridized carbons (Fsp3) is 0.625. The second kappa shape index (κ2) is 6.92. The Kier molecular flexibility index (Phi) is 5.23. The first-order chi connectivity index (χ1) is 9.19. The van der Waals surface area contributed by atoms with Crippen LogP contribution in [0.3, 0.4) is 0 Å². The van der Waals surface area contributed by atoms with Crippen LogP contribution < -0.4 is 10.1 Å². The average molecular weight is 262 g/mol. The van der Waals surface area contributed by atoms with E-state index in [9.17, 15) is 0 Å². The van der Waals surface area contributed by atoms with Crippen molar-refractivity contribution in [2.45, 2.75) is 32.9 Å². The Labute approximate surface area is 116 Å². The van der Waals surface area contributed by atoms with Crippen molar-refractivity contribution in [2.24, 2.45) is 5.92 Å². The molecule has 0 amide bonds. The molecule has 3 heteroatoms. The number of hydrogen-bond acceptors (Lipinski definition) is 3. The van der Waals surface area contributed by atoms with Crippen LogP contribution in [0.15, 0.2) is 24.3 Å². The Hall–Kier alpha value is -1.06. The number of hydrogen-bond donors (Lipinski definition) is 1. The molecule has 3 nitrogen and oxygen atoms in total. The first kappa shape index (κ1) is 14.4. The molecule has 106 valence electrons. The van der Waals surface area contributed by atoms with Gasteiger partial charge in [-0.3, -0.25) is 4.90 Å². The van der Waals surface area contributed by atoms with E-state index in [4.69, 9.17) is 4.74 Å². The number of benzene rings is 1. The molecular weight excluding hydrogens is 236 g/mol. The Bertz CT molecular complexity index is 392. The second-order valence-electron chi connectivity index (χ2n) is 5.74. The summed E-state index contributed by atoms with van der Waals surface area (Å²) in [5.74, 6) is 1.64. The monoisotopic (exact) mass is 262 g/mol. The van der Waals surface area contributed by atoms with Crippen molar-refractivity contribution in [3.63, 3.8) is 0 Å². The van der Waals surface area contributed by atoms with Crippen LogP contribution in [-0.2, 0) is 6.54 Å². The summed E-state index contributed by atoms with van der Waals surface area (Å²) in [5.41, 5.74) is 1.34. The Morgan fingerprint density at radius 3 is 3.00 bits per heavy atom. The Balaban J connectivity index is 1.99. The molecule has 0 aliphatic carbocycles. The molecule has 1 aromatic rings. The van der Waals surface area contributed by atoms with Crippen molar-refractivity contribution in [3.05, 3.63) is 29.8 Å². The largest absolute Gasteiger partial charge is 0.497 e. The van der Waals surface area contributed by atoms with E-state index in [0.717, 1.165) is 25.4 Å². The topological polar surface area (TPSA) is 24.5 Å². The molecule has 1 heterocycles. The molecular formula is C16H26N2O. The van der Waals surface area contributed by atoms with Crippen molar-refractivity contribution in [2.75, 3.05) is 26.7 Å². The zero-order chi connectivity index (χ0) is 13.7. The molecule has 1 unspecified atom stereocenters. The van der Waals surface area contributed by atoms with Crippen LogP contribution in [0.4, 0.5) is 0 Å². The summed E-state index contributed by atoms with van der Waals surface area (Å²) in [5, 5.41) is 3.65. The highest BCUT2D eigenvalue weighted by atomic mass is 16.5. The summed E-state index contributed by atoms with van der Waals surface area (Å²) in [6.07, 6.45) is 1.23. The SMILES string of the molecule is COc1cccc(CN2CCCNC(C(C)C)C2)c1. The van der Waals surface area contributed by atoms with Gasteiger partial charge < -0.3 is 10.1 Å². The molecule has 1 saturated heterocycles. The number of nitrogens with zero attached hydrogens (tertiary/aromatic N) is 1. The molecule has 1 aliphatic heterocycles. The van der Waals surface area contributed by atoms with Crippen LogP contribution in [0.1, 0.15) is 25.8 Å². The van der Waals surface area contributed by atoms with Crippen LogP contribution in [0.5, 0.6) is 5.75 Å². The van der Waals surface area contributed by atoms with E-state index in [-0.39, 0.29) is 0 Å². The van der Waals surface area contributed by atoms with Gasteiger partial charge in [0.05, 0.1) is 7.11 Å². The smallest absolute Gasteiger partial charge is 0.119 e. The van der Waals surface area contributed by atoms with Crippen LogP contribution in [0.25, 0.3) is 0 Å². The number of rotatable bonds is 4. The summed E-state index contributed by atoms with van der Waals surface area (Å²) in [6, 6.07) is 9.01. The van der Waals surface area contributed by atoms with Gasteiger partial charge in [0.15, 0.2) is 0 Å². The Morgan fingerprint density at radius 2 is 2.26 bits per heavy atom. The lowest BCUT2D eigenvalue weighted by molar-refractivity contribution is 0.238. The van der Waals surface area contributed by atoms with Crippen molar-refractivity contribution >= 4 is 0 Å². The highest BCUT2D eigenvalue weighted by Crippen LogP contribution is 2.16. The normalized spacial score (nSPS) is 21.4. The van der Waals surface area contributed by atoms with Gasteiger partial charge in [0.1, 0.15) is 5.75 Å². The van der Waals surface area contributed by atoms with Crippen LogP contribution in [0.2, 0.25) is 0 Å². The summed E-state index contributed by atoms with van der Waals surface area (Å²) in [7, 11) is 1.73. The number of nitrogens with one attached hydrogen (secondary N) is 1. The fourth-order valence-corrected chi connectivity index (χ4v) is 2.64. The number of methoxy groups -OCH3 is 1. The van der Waals surface area contributed by atoms with Gasteiger partial charge in [-0.25, -0.2) is 0 Å². The molecule has 0 saturated carbocycles. The number of ether oxygens (including phenoxy) is 1. The van der Waals surface area contributed by atoms with Gasteiger partial charge in [0.2, 0.25) is 0 Å². The van der Waals surface area contributed by atoms with E-state index in [2.05, 4.69) is 42.3 Å². The summed E-state index contributed by atoms with van der Waals surface area (Å²) in [6.45, 7) is 9.06. The van der Waals surface area contributed by atoms with Gasteiger partial charge in [0.25, 0.3) is 0 Å². The van der Waals surface area contributed by atoms with E-state index >= 15 is 0 Å². The zero-order valence-corrected chi connectivity index (χ0v) is 12.4. The van der Waals surface area contributed by atoms with Crippen molar-refractivity contribution in [1.29, 1.82) is 0 Å². The maximum atomic E-state index is 5.30. The molecule has 1 N–H and O–H groups in total. The average Bonchev–Trinajstić information content (AvgIpc) is 2.64. The van der Waals surface area contributed by atoms with Crippen molar-refractivity contribution in [1.82, 2.24) is 10.2 Å². The quantitative estimate of drug-likeness (QED) is 0.902. The highest BCUT2D eigenvalue weighted by molar-refractivity contribution is 5.28. The summed E-state index contributed by atoms with van der Waals surface area (Å²) in [4.78, 5) is 2.55. The van der Waals surface area contributed by atoms with Crippen LogP contribution in [-0.4, -0.2) is 37.7 Å². The summed E-state index contributed by atoms with van der Waals surface area (Å²) >= 11 is 0. The summed E-state index contributed by atoms with van der Waals surface area (Å²) < 4.78 is 5.30. The maximum Gasteiger partial charge on any atom is 0.119 e. The molecule has 1 aromatic carbocycles. The third-order valence-corrected chi connectivity index (χ3v) is 3.86. The van der Waals surface area contributed by atoms with Gasteiger partial charge in [0, 0.05) is 19.1 Å². The van der Waals surface area contributed by atoms with Crippen molar-refractivity contribution in [3.8, 4) is 5.75 Å². The molecule has 2 rings (SSSR count). The molecule has 1 atom stereocenters. The van der Waals surface area contributed by atoms with Gasteiger partial charge in [-0.05, 0) is 43.1 Å². The predicted molar refractivity (Wildman–Crippen MR) is 79.5 cm³/mol. The highest BCUT2D eigenvalue weighted by Gasteiger charge is 2.20. The fourth-order valence-electron chi connectivity index (χ4n) is 2.64. The van der Waals surface area contributed by atoms with Gasteiger partial charge in [-0.15, -0.1) is 0 Å². The van der Waals surface area contributed by atoms with E-state index in [0.29, 0.717) is 12.0 Å². The zero-order valence-electron chi connectivity index (χ0n) is 12.4. The van der Waals surface area contributed by atoms with E-state index < -0.39 is 0 Å². The third-order valence-electron chi connectivity index (χ3n) is 3.86. The minimum atomic E-state index is 0.605. The molecule has 0 spiro atoms. The van der Waals surface area contributed by atoms with Gasteiger partial charge in [-0.2, -0.15) is 0 Å². The molecule has 1 fully saturated rings. The van der Waals surface area contributed by atoms with E-state index in [1.165, 1.54) is 18.5 Å². The van der Waals surface area contributed by atoms with E-state index in [1.807, 2.05) is 6.07 Å². The third kappa shape index (κ3) is 4.22. The maximum absolute atomic E-state index is 5.30. The minimum absolute atomic E-state index is 0.605. The molecule has 1 aliphatic rings. The second-order valence-corrected chi connectivity index (χ2v) is 5.74. The molecule has 0 bridgehead atoms. The first-order valence-corrected chi connectivity index (χ1v) is 7.27. The van der Waals surface area contributed by atoms with Gasteiger partial charge >= 0.3 is 0 Å². The Morgan fingerprint density at radius 1 is 1.42 bits per heavy atom. The standard InChI is InChI=1S/C16H26N2O/c1-13(2)16-12-18(9-5-8-17-16)11-14-6-4-7-15(10-14)19-3/h4,6-7,10,13,16-17H,5,8-9,11-12H2,1-3H3.